The summed E-state index contributed by atoms with van der Waals surface area (Å²) in [6, 6.07) is 2.14. The molecule has 4 heteroatoms. The molecular formula is C19H24N2O2. The number of nitrogens with one attached hydrogen (secondary N) is 1. The van der Waals surface area contributed by atoms with Gasteiger partial charge in [0.25, 0.3) is 0 Å². The quantitative estimate of drug-likeness (QED) is 0.904. The molecule has 0 aromatic carbocycles. The van der Waals surface area contributed by atoms with E-state index in [0.717, 1.165) is 23.3 Å². The Kier molecular flexibility index (Phi) is 3.30. The second kappa shape index (κ2) is 5.12. The second-order valence-corrected chi connectivity index (χ2v) is 8.24. The molecule has 0 atom stereocenters. The van der Waals surface area contributed by atoms with Gasteiger partial charge >= 0.3 is 0 Å². The number of nitrogens with zero attached hydrogens (tertiary/aromatic N) is 1. The van der Waals surface area contributed by atoms with E-state index in [1.54, 1.807) is 0 Å². The van der Waals surface area contributed by atoms with Crippen molar-refractivity contribution in [3.8, 4) is 6.07 Å². The Morgan fingerprint density at radius 2 is 1.78 bits per heavy atom. The van der Waals surface area contributed by atoms with Crippen LogP contribution in [0.1, 0.15) is 61.8 Å². The molecule has 4 aliphatic rings. The number of carbonyl (C=O) groups excluding carboxylic acids is 1. The zero-order valence-corrected chi connectivity index (χ0v) is 13.9. The van der Waals surface area contributed by atoms with Crippen LogP contribution in [0.4, 0.5) is 5.88 Å². The zero-order chi connectivity index (χ0) is 16.2. The monoisotopic (exact) mass is 312 g/mol. The Labute approximate surface area is 137 Å². The highest BCUT2D eigenvalue weighted by molar-refractivity contribution is 5.91. The lowest BCUT2D eigenvalue weighted by Crippen LogP contribution is -2.47. The first-order chi connectivity index (χ1) is 11.0. The topological polar surface area (TPSA) is 66.0 Å². The molecule has 5 rings (SSSR count). The largest absolute Gasteiger partial charge is 0.444 e. The summed E-state index contributed by atoms with van der Waals surface area (Å²) in [6.45, 7) is 3.68. The summed E-state index contributed by atoms with van der Waals surface area (Å²) in [5.41, 5.74) is 1.49. The van der Waals surface area contributed by atoms with Crippen molar-refractivity contribution in [2.75, 3.05) is 5.32 Å². The van der Waals surface area contributed by atoms with Crippen molar-refractivity contribution >= 4 is 11.8 Å². The van der Waals surface area contributed by atoms with Crippen LogP contribution < -0.4 is 5.32 Å². The van der Waals surface area contributed by atoms with Crippen LogP contribution in [0.2, 0.25) is 0 Å². The zero-order valence-electron chi connectivity index (χ0n) is 13.9. The van der Waals surface area contributed by atoms with Crippen LogP contribution in [0.25, 0.3) is 0 Å². The lowest BCUT2D eigenvalue weighted by atomic mass is 9.49. The Morgan fingerprint density at radius 1 is 1.22 bits per heavy atom. The number of hydrogen-bond donors (Lipinski definition) is 1. The number of anilines is 1. The highest BCUT2D eigenvalue weighted by Gasteiger charge is 2.51. The van der Waals surface area contributed by atoms with Crippen LogP contribution in [0.3, 0.4) is 0 Å². The van der Waals surface area contributed by atoms with Crippen molar-refractivity contribution in [3.05, 3.63) is 16.9 Å². The summed E-state index contributed by atoms with van der Waals surface area (Å²) in [4.78, 5) is 12.6. The van der Waals surface area contributed by atoms with Gasteiger partial charge in [-0.15, -0.1) is 0 Å². The Morgan fingerprint density at radius 3 is 2.30 bits per heavy atom. The maximum Gasteiger partial charge on any atom is 0.227 e. The van der Waals surface area contributed by atoms with Gasteiger partial charge in [0.15, 0.2) is 0 Å². The third-order valence-corrected chi connectivity index (χ3v) is 6.45. The number of carbonyl (C=O) groups is 1. The number of rotatable bonds is 3. The van der Waals surface area contributed by atoms with E-state index in [2.05, 4.69) is 11.4 Å². The van der Waals surface area contributed by atoms with Crippen molar-refractivity contribution in [2.45, 2.75) is 58.8 Å². The van der Waals surface area contributed by atoms with E-state index < -0.39 is 0 Å². The van der Waals surface area contributed by atoms with Crippen LogP contribution in [-0.2, 0) is 4.79 Å². The number of nitriles is 1. The molecule has 4 aliphatic carbocycles. The van der Waals surface area contributed by atoms with E-state index in [9.17, 15) is 10.1 Å². The third kappa shape index (κ3) is 2.47. The molecule has 1 aromatic heterocycles. The summed E-state index contributed by atoms with van der Waals surface area (Å²) in [6.07, 6.45) is 8.39. The Hall–Kier alpha value is -1.76. The molecule has 0 saturated heterocycles. The normalized spacial score (nSPS) is 34.4. The van der Waals surface area contributed by atoms with Crippen molar-refractivity contribution in [2.24, 2.45) is 23.2 Å². The van der Waals surface area contributed by atoms with Crippen molar-refractivity contribution in [3.63, 3.8) is 0 Å². The van der Waals surface area contributed by atoms with Crippen LogP contribution in [0.15, 0.2) is 4.42 Å². The number of furan rings is 1. The summed E-state index contributed by atoms with van der Waals surface area (Å²) in [7, 11) is 0. The number of amides is 1. The van der Waals surface area contributed by atoms with Crippen LogP contribution in [0, 0.1) is 48.3 Å². The fourth-order valence-electron chi connectivity index (χ4n) is 5.87. The Bertz CT molecular complexity index is 660. The van der Waals surface area contributed by atoms with Gasteiger partial charge in [-0.1, -0.05) is 0 Å². The maximum absolute atomic E-state index is 12.6. The summed E-state index contributed by atoms with van der Waals surface area (Å²) in [5, 5.41) is 12.1. The van der Waals surface area contributed by atoms with Gasteiger partial charge in [-0.05, 0) is 75.5 Å². The molecule has 4 fully saturated rings. The highest BCUT2D eigenvalue weighted by Crippen LogP contribution is 2.61. The van der Waals surface area contributed by atoms with E-state index in [-0.39, 0.29) is 11.3 Å². The molecule has 4 nitrogen and oxygen atoms in total. The summed E-state index contributed by atoms with van der Waals surface area (Å²) in [5.74, 6) is 3.58. The molecule has 0 spiro atoms. The van der Waals surface area contributed by atoms with E-state index in [4.69, 9.17) is 4.42 Å². The van der Waals surface area contributed by atoms with E-state index in [1.165, 1.54) is 38.5 Å². The van der Waals surface area contributed by atoms with Gasteiger partial charge in [0.2, 0.25) is 11.8 Å². The first-order valence-corrected chi connectivity index (χ1v) is 8.78. The van der Waals surface area contributed by atoms with Gasteiger partial charge in [0.05, 0.1) is 0 Å². The van der Waals surface area contributed by atoms with Crippen molar-refractivity contribution in [1.29, 1.82) is 5.26 Å². The van der Waals surface area contributed by atoms with Gasteiger partial charge < -0.3 is 4.42 Å². The molecule has 1 amide bonds. The lowest BCUT2D eigenvalue weighted by molar-refractivity contribution is -0.124. The molecule has 1 aromatic rings. The first kappa shape index (κ1) is 14.8. The molecule has 4 bridgehead atoms. The minimum absolute atomic E-state index is 0.0113. The minimum Gasteiger partial charge on any atom is -0.444 e. The summed E-state index contributed by atoms with van der Waals surface area (Å²) < 4.78 is 5.57. The molecule has 0 radical (unpaired) electrons. The van der Waals surface area contributed by atoms with Gasteiger partial charge in [-0.3, -0.25) is 10.1 Å². The standard InChI is InChI=1S/C19H24N2O2/c1-11-12(2)23-18(16(11)10-20)21-17(22)9-19-6-13-3-14(7-19)5-15(4-13)8-19/h13-15H,3-9H2,1-2H3,(H,21,22). The average Bonchev–Trinajstić information content (AvgIpc) is 2.70. The predicted molar refractivity (Wildman–Crippen MR) is 86.7 cm³/mol. The fraction of sp³-hybridized carbons (Fsp3) is 0.684. The molecule has 122 valence electrons. The molecule has 1 heterocycles. The molecule has 0 aliphatic heterocycles. The molecule has 23 heavy (non-hydrogen) atoms. The molecule has 1 N–H and O–H groups in total. The van der Waals surface area contributed by atoms with Crippen molar-refractivity contribution in [1.82, 2.24) is 0 Å². The van der Waals surface area contributed by atoms with E-state index in [0.29, 0.717) is 23.6 Å². The van der Waals surface area contributed by atoms with Crippen LogP contribution in [-0.4, -0.2) is 5.91 Å². The van der Waals surface area contributed by atoms with Gasteiger partial charge in [-0.2, -0.15) is 5.26 Å². The van der Waals surface area contributed by atoms with Crippen LogP contribution >= 0.6 is 0 Å². The van der Waals surface area contributed by atoms with Gasteiger partial charge in [0, 0.05) is 12.0 Å². The fourth-order valence-corrected chi connectivity index (χ4v) is 5.87. The Balaban J connectivity index is 1.49. The maximum atomic E-state index is 12.6. The summed E-state index contributed by atoms with van der Waals surface area (Å²) >= 11 is 0. The molecule has 4 saturated carbocycles. The number of aryl methyl sites for hydroxylation is 1. The second-order valence-electron chi connectivity index (χ2n) is 8.24. The van der Waals surface area contributed by atoms with E-state index in [1.807, 2.05) is 13.8 Å². The highest BCUT2D eigenvalue weighted by atomic mass is 16.4. The first-order valence-electron chi connectivity index (χ1n) is 8.78. The van der Waals surface area contributed by atoms with Gasteiger partial charge in [-0.25, -0.2) is 0 Å². The predicted octanol–water partition coefficient (Wildman–Crippen LogP) is 4.31. The molecular weight excluding hydrogens is 288 g/mol. The van der Waals surface area contributed by atoms with E-state index >= 15 is 0 Å². The minimum atomic E-state index is 0.0113. The van der Waals surface area contributed by atoms with Gasteiger partial charge in [0.1, 0.15) is 17.4 Å². The lowest BCUT2D eigenvalue weighted by Gasteiger charge is -2.56. The number of hydrogen-bond acceptors (Lipinski definition) is 3. The SMILES string of the molecule is Cc1oc(NC(=O)CC23CC4CC(CC(C4)C2)C3)c(C#N)c1C. The third-order valence-electron chi connectivity index (χ3n) is 6.45. The van der Waals surface area contributed by atoms with Crippen LogP contribution in [0.5, 0.6) is 0 Å². The molecule has 0 unspecified atom stereocenters. The average molecular weight is 312 g/mol. The smallest absolute Gasteiger partial charge is 0.227 e. The van der Waals surface area contributed by atoms with Crippen molar-refractivity contribution < 1.29 is 9.21 Å².